The molecule has 0 aliphatic rings. The fourth-order valence-corrected chi connectivity index (χ4v) is 1.47. The summed E-state index contributed by atoms with van der Waals surface area (Å²) in [7, 11) is -0.485. The van der Waals surface area contributed by atoms with Gasteiger partial charge in [-0.25, -0.2) is 4.21 Å². The van der Waals surface area contributed by atoms with Crippen LogP contribution in [0, 0.1) is 0 Å². The normalized spacial score (nSPS) is 12.9. The van der Waals surface area contributed by atoms with Crippen LogP contribution in [-0.4, -0.2) is 17.0 Å². The zero-order chi connectivity index (χ0) is 9.84. The number of benzene rings is 1. The SMILES string of the molecule is CNc1ccc(S(=O)C(F)F)cc1. The van der Waals surface area contributed by atoms with Crippen LogP contribution in [0.25, 0.3) is 0 Å². The van der Waals surface area contributed by atoms with E-state index in [-0.39, 0.29) is 4.90 Å². The predicted molar refractivity (Wildman–Crippen MR) is 48.4 cm³/mol. The molecule has 0 amide bonds. The van der Waals surface area contributed by atoms with Crippen molar-refractivity contribution in [2.75, 3.05) is 12.4 Å². The maximum Gasteiger partial charge on any atom is 0.316 e. The summed E-state index contributed by atoms with van der Waals surface area (Å²) >= 11 is 0. The van der Waals surface area contributed by atoms with Crippen molar-refractivity contribution >= 4 is 16.5 Å². The lowest BCUT2D eigenvalue weighted by Gasteiger charge is -2.02. The molecule has 0 saturated heterocycles. The summed E-state index contributed by atoms with van der Waals surface area (Å²) in [5, 5.41) is 2.84. The van der Waals surface area contributed by atoms with E-state index in [1.807, 2.05) is 0 Å². The van der Waals surface area contributed by atoms with Gasteiger partial charge in [0.25, 0.3) is 0 Å². The van der Waals surface area contributed by atoms with Gasteiger partial charge in [0.1, 0.15) is 10.8 Å². The molecular formula is C8H9F2NOS. The molecule has 0 heterocycles. The van der Waals surface area contributed by atoms with E-state index >= 15 is 0 Å². The second-order valence-corrected chi connectivity index (χ2v) is 3.76. The van der Waals surface area contributed by atoms with Crippen molar-refractivity contribution in [3.05, 3.63) is 24.3 Å². The molecule has 5 heteroatoms. The first kappa shape index (κ1) is 10.1. The highest BCUT2D eigenvalue weighted by atomic mass is 32.2. The highest BCUT2D eigenvalue weighted by Crippen LogP contribution is 2.16. The third-order valence-corrected chi connectivity index (χ3v) is 2.60. The van der Waals surface area contributed by atoms with Crippen LogP contribution in [0.15, 0.2) is 29.2 Å². The Morgan fingerprint density at radius 1 is 1.31 bits per heavy atom. The first-order valence-electron chi connectivity index (χ1n) is 3.61. The average Bonchev–Trinajstić information content (AvgIpc) is 2.17. The Balaban J connectivity index is 2.86. The van der Waals surface area contributed by atoms with Crippen LogP contribution in [0.3, 0.4) is 0 Å². The molecule has 2 nitrogen and oxygen atoms in total. The van der Waals surface area contributed by atoms with Crippen LogP contribution in [-0.2, 0) is 10.8 Å². The van der Waals surface area contributed by atoms with Crippen molar-refractivity contribution in [3.63, 3.8) is 0 Å². The van der Waals surface area contributed by atoms with Gasteiger partial charge in [0.2, 0.25) is 0 Å². The van der Waals surface area contributed by atoms with Crippen molar-refractivity contribution in [1.82, 2.24) is 0 Å². The number of rotatable bonds is 3. The Kier molecular flexibility index (Phi) is 3.36. The fourth-order valence-electron chi connectivity index (χ4n) is 0.859. The summed E-state index contributed by atoms with van der Waals surface area (Å²) in [6.07, 6.45) is 0. The van der Waals surface area contributed by atoms with Crippen molar-refractivity contribution in [1.29, 1.82) is 0 Å². The summed E-state index contributed by atoms with van der Waals surface area (Å²) < 4.78 is 34.8. The third-order valence-electron chi connectivity index (χ3n) is 1.54. The first-order valence-corrected chi connectivity index (χ1v) is 4.83. The highest BCUT2D eigenvalue weighted by molar-refractivity contribution is 7.85. The van der Waals surface area contributed by atoms with Gasteiger partial charge in [-0.2, -0.15) is 8.78 Å². The average molecular weight is 205 g/mol. The van der Waals surface area contributed by atoms with Crippen molar-refractivity contribution in [2.45, 2.75) is 10.7 Å². The van der Waals surface area contributed by atoms with E-state index in [0.717, 1.165) is 5.69 Å². The number of anilines is 1. The predicted octanol–water partition coefficient (Wildman–Crippen LogP) is 2.06. The van der Waals surface area contributed by atoms with Gasteiger partial charge in [-0.3, -0.25) is 0 Å². The van der Waals surface area contributed by atoms with Gasteiger partial charge in [0, 0.05) is 17.6 Å². The molecule has 0 aliphatic heterocycles. The van der Waals surface area contributed by atoms with E-state index in [4.69, 9.17) is 0 Å². The molecule has 0 fully saturated rings. The van der Waals surface area contributed by atoms with Gasteiger partial charge < -0.3 is 5.32 Å². The summed E-state index contributed by atoms with van der Waals surface area (Å²) in [5.41, 5.74) is 0.801. The van der Waals surface area contributed by atoms with E-state index in [0.29, 0.717) is 0 Å². The van der Waals surface area contributed by atoms with Gasteiger partial charge in [-0.05, 0) is 24.3 Å². The number of halogens is 2. The van der Waals surface area contributed by atoms with E-state index in [1.165, 1.54) is 12.1 Å². The number of nitrogens with one attached hydrogen (secondary N) is 1. The Bertz CT molecular complexity index is 300. The van der Waals surface area contributed by atoms with Gasteiger partial charge in [-0.1, -0.05) is 0 Å². The smallest absolute Gasteiger partial charge is 0.316 e. The monoisotopic (exact) mass is 205 g/mol. The lowest BCUT2D eigenvalue weighted by Crippen LogP contribution is -2.02. The van der Waals surface area contributed by atoms with E-state index in [2.05, 4.69) is 5.32 Å². The van der Waals surface area contributed by atoms with Crippen LogP contribution < -0.4 is 5.32 Å². The van der Waals surface area contributed by atoms with Crippen LogP contribution >= 0.6 is 0 Å². The minimum absolute atomic E-state index is 0.147. The van der Waals surface area contributed by atoms with E-state index in [1.54, 1.807) is 19.2 Å². The zero-order valence-electron chi connectivity index (χ0n) is 6.96. The molecule has 1 unspecified atom stereocenters. The van der Waals surface area contributed by atoms with Gasteiger partial charge in [0.05, 0.1) is 0 Å². The first-order chi connectivity index (χ1) is 6.15. The lowest BCUT2D eigenvalue weighted by molar-refractivity contribution is 0.244. The van der Waals surface area contributed by atoms with Crippen molar-refractivity contribution in [3.8, 4) is 0 Å². The Hall–Kier alpha value is -0.970. The molecule has 0 radical (unpaired) electrons. The lowest BCUT2D eigenvalue weighted by atomic mass is 10.3. The molecule has 1 atom stereocenters. The minimum Gasteiger partial charge on any atom is -0.388 e. The molecule has 1 rings (SSSR count). The molecule has 0 spiro atoms. The summed E-state index contributed by atoms with van der Waals surface area (Å²) in [4.78, 5) is 0.147. The second-order valence-electron chi connectivity index (χ2n) is 2.33. The molecule has 13 heavy (non-hydrogen) atoms. The van der Waals surface area contributed by atoms with Crippen LogP contribution in [0.1, 0.15) is 0 Å². The standard InChI is InChI=1S/C8H9F2NOS/c1-11-6-2-4-7(5-3-6)13(12)8(9)10/h2-5,8,11H,1H3. The van der Waals surface area contributed by atoms with E-state index < -0.39 is 16.6 Å². The molecule has 0 saturated carbocycles. The molecule has 72 valence electrons. The van der Waals surface area contributed by atoms with Gasteiger partial charge in [-0.15, -0.1) is 0 Å². The molecule has 1 aromatic rings. The highest BCUT2D eigenvalue weighted by Gasteiger charge is 2.14. The van der Waals surface area contributed by atoms with Crippen molar-refractivity contribution < 1.29 is 13.0 Å². The Morgan fingerprint density at radius 3 is 2.23 bits per heavy atom. The van der Waals surface area contributed by atoms with Crippen LogP contribution in [0.4, 0.5) is 14.5 Å². The summed E-state index contributed by atoms with van der Waals surface area (Å²) in [6, 6.07) is 6.06. The number of alkyl halides is 2. The molecular weight excluding hydrogens is 196 g/mol. The summed E-state index contributed by atoms with van der Waals surface area (Å²) in [5.74, 6) is -2.82. The summed E-state index contributed by atoms with van der Waals surface area (Å²) in [6.45, 7) is 0. The fraction of sp³-hybridized carbons (Fsp3) is 0.250. The third kappa shape index (κ3) is 2.48. The molecule has 1 N–H and O–H groups in total. The number of hydrogen-bond donors (Lipinski definition) is 1. The largest absolute Gasteiger partial charge is 0.388 e. The van der Waals surface area contributed by atoms with Gasteiger partial charge in [0.15, 0.2) is 0 Å². The molecule has 0 aromatic heterocycles. The molecule has 1 aromatic carbocycles. The Morgan fingerprint density at radius 2 is 1.85 bits per heavy atom. The van der Waals surface area contributed by atoms with Crippen molar-refractivity contribution in [2.24, 2.45) is 0 Å². The van der Waals surface area contributed by atoms with E-state index in [9.17, 15) is 13.0 Å². The maximum absolute atomic E-state index is 12.0. The number of hydrogen-bond acceptors (Lipinski definition) is 2. The second kappa shape index (κ2) is 4.32. The molecule has 0 aliphatic carbocycles. The zero-order valence-corrected chi connectivity index (χ0v) is 7.78. The maximum atomic E-state index is 12.0. The topological polar surface area (TPSA) is 29.1 Å². The Labute approximate surface area is 77.4 Å². The molecule has 0 bridgehead atoms. The van der Waals surface area contributed by atoms with Crippen LogP contribution in [0.5, 0.6) is 0 Å². The minimum atomic E-state index is -2.82. The van der Waals surface area contributed by atoms with Crippen LogP contribution in [0.2, 0.25) is 0 Å². The van der Waals surface area contributed by atoms with Gasteiger partial charge >= 0.3 is 5.76 Å². The quantitative estimate of drug-likeness (QED) is 0.818.